The van der Waals surface area contributed by atoms with Crippen LogP contribution in [0.1, 0.15) is 30.0 Å². The first-order chi connectivity index (χ1) is 8.93. The Kier molecular flexibility index (Phi) is 3.42. The molecule has 1 heteroatoms. The smallest absolute Gasteiger partial charge is 0.0352 e. The van der Waals surface area contributed by atoms with Gasteiger partial charge in [0.1, 0.15) is 0 Å². The molecule has 0 saturated carbocycles. The lowest BCUT2D eigenvalue weighted by atomic mass is 10.0. The number of benzene rings is 2. The molecular weight excluding hydrogens is 218 g/mol. The van der Waals surface area contributed by atoms with E-state index in [1.807, 2.05) is 6.07 Å². The quantitative estimate of drug-likeness (QED) is 0.783. The summed E-state index contributed by atoms with van der Waals surface area (Å²) in [5, 5.41) is 0. The van der Waals surface area contributed by atoms with Crippen LogP contribution in [0.2, 0.25) is 0 Å². The lowest BCUT2D eigenvalue weighted by Gasteiger charge is -2.24. The van der Waals surface area contributed by atoms with Crippen molar-refractivity contribution in [2.24, 2.45) is 0 Å². The zero-order valence-electron chi connectivity index (χ0n) is 10.5. The number of hydrogen-bond donors (Lipinski definition) is 0. The average molecular weight is 236 g/mol. The van der Waals surface area contributed by atoms with Crippen LogP contribution in [0.4, 0.5) is 0 Å². The third-order valence-corrected chi connectivity index (χ3v) is 3.71. The SMILES string of the molecule is [c]1cccc(C2CCCN2Cc2ccccc2)c1. The second-order valence-corrected chi connectivity index (χ2v) is 4.95. The van der Waals surface area contributed by atoms with Gasteiger partial charge in [0.05, 0.1) is 0 Å². The molecule has 0 bridgehead atoms. The summed E-state index contributed by atoms with van der Waals surface area (Å²) in [7, 11) is 0. The minimum absolute atomic E-state index is 0.572. The van der Waals surface area contributed by atoms with Crippen molar-refractivity contribution in [3.8, 4) is 0 Å². The van der Waals surface area contributed by atoms with Crippen LogP contribution in [0.3, 0.4) is 0 Å². The minimum Gasteiger partial charge on any atom is -0.292 e. The summed E-state index contributed by atoms with van der Waals surface area (Å²) in [6.07, 6.45) is 2.57. The van der Waals surface area contributed by atoms with Crippen molar-refractivity contribution >= 4 is 0 Å². The Hall–Kier alpha value is -1.60. The highest BCUT2D eigenvalue weighted by atomic mass is 15.2. The zero-order valence-corrected chi connectivity index (χ0v) is 10.5. The van der Waals surface area contributed by atoms with Crippen LogP contribution >= 0.6 is 0 Å². The van der Waals surface area contributed by atoms with Crippen molar-refractivity contribution in [3.63, 3.8) is 0 Å². The third kappa shape index (κ3) is 2.46. The van der Waals surface area contributed by atoms with E-state index in [0.29, 0.717) is 6.04 Å². The van der Waals surface area contributed by atoms with Gasteiger partial charge >= 0.3 is 0 Å². The molecule has 2 aromatic carbocycles. The summed E-state index contributed by atoms with van der Waals surface area (Å²) in [6.45, 7) is 2.26. The van der Waals surface area contributed by atoms with Crippen molar-refractivity contribution < 1.29 is 0 Å². The van der Waals surface area contributed by atoms with E-state index in [2.05, 4.69) is 59.5 Å². The zero-order chi connectivity index (χ0) is 12.2. The molecule has 1 aliphatic rings. The van der Waals surface area contributed by atoms with E-state index in [1.165, 1.54) is 30.5 Å². The van der Waals surface area contributed by atoms with E-state index in [-0.39, 0.29) is 0 Å². The van der Waals surface area contributed by atoms with Crippen LogP contribution < -0.4 is 0 Å². The van der Waals surface area contributed by atoms with Gasteiger partial charge in [-0.05, 0) is 42.6 Å². The second kappa shape index (κ2) is 5.36. The van der Waals surface area contributed by atoms with Crippen LogP contribution in [-0.2, 0) is 6.54 Å². The van der Waals surface area contributed by atoms with Gasteiger partial charge in [-0.1, -0.05) is 48.5 Å². The van der Waals surface area contributed by atoms with E-state index in [4.69, 9.17) is 0 Å². The maximum absolute atomic E-state index is 3.20. The Bertz CT molecular complexity index is 477. The van der Waals surface area contributed by atoms with E-state index < -0.39 is 0 Å². The van der Waals surface area contributed by atoms with E-state index in [9.17, 15) is 0 Å². The normalized spacial score (nSPS) is 20.1. The maximum atomic E-state index is 3.20. The molecule has 91 valence electrons. The fraction of sp³-hybridized carbons (Fsp3) is 0.294. The van der Waals surface area contributed by atoms with Crippen molar-refractivity contribution in [1.29, 1.82) is 0 Å². The van der Waals surface area contributed by atoms with Crippen LogP contribution in [0, 0.1) is 6.07 Å². The molecule has 1 saturated heterocycles. The van der Waals surface area contributed by atoms with Gasteiger partial charge in [0.2, 0.25) is 0 Å². The lowest BCUT2D eigenvalue weighted by molar-refractivity contribution is 0.248. The lowest BCUT2D eigenvalue weighted by Crippen LogP contribution is -2.22. The second-order valence-electron chi connectivity index (χ2n) is 4.95. The molecule has 2 aromatic rings. The summed E-state index contributed by atoms with van der Waals surface area (Å²) in [6, 6.07) is 22.9. The first kappa shape index (κ1) is 11.5. The monoisotopic (exact) mass is 236 g/mol. The number of nitrogens with zero attached hydrogens (tertiary/aromatic N) is 1. The first-order valence-corrected chi connectivity index (χ1v) is 6.67. The predicted molar refractivity (Wildman–Crippen MR) is 74.1 cm³/mol. The number of likely N-dealkylation sites (tertiary alicyclic amines) is 1. The summed E-state index contributed by atoms with van der Waals surface area (Å²) >= 11 is 0. The van der Waals surface area contributed by atoms with Crippen LogP contribution in [0.5, 0.6) is 0 Å². The molecule has 0 spiro atoms. The molecular formula is C17H18N. The molecule has 1 nitrogen and oxygen atoms in total. The van der Waals surface area contributed by atoms with Crippen molar-refractivity contribution in [2.75, 3.05) is 6.54 Å². The molecule has 0 aromatic heterocycles. The largest absolute Gasteiger partial charge is 0.292 e. The van der Waals surface area contributed by atoms with Gasteiger partial charge in [-0.15, -0.1) is 0 Å². The van der Waals surface area contributed by atoms with Crippen molar-refractivity contribution in [2.45, 2.75) is 25.4 Å². The van der Waals surface area contributed by atoms with Gasteiger partial charge in [0.15, 0.2) is 0 Å². The molecule has 1 atom stereocenters. The first-order valence-electron chi connectivity index (χ1n) is 6.67. The highest BCUT2D eigenvalue weighted by Gasteiger charge is 2.25. The Balaban J connectivity index is 1.76. The molecule has 1 radical (unpaired) electrons. The van der Waals surface area contributed by atoms with E-state index in [1.54, 1.807) is 0 Å². The van der Waals surface area contributed by atoms with Gasteiger partial charge in [-0.3, -0.25) is 4.90 Å². The molecule has 1 heterocycles. The number of rotatable bonds is 3. The summed E-state index contributed by atoms with van der Waals surface area (Å²) in [5.74, 6) is 0. The highest BCUT2D eigenvalue weighted by molar-refractivity contribution is 5.21. The van der Waals surface area contributed by atoms with Gasteiger partial charge in [-0.2, -0.15) is 0 Å². The van der Waals surface area contributed by atoms with E-state index in [0.717, 1.165) is 6.54 Å². The molecule has 0 aliphatic carbocycles. The Morgan fingerprint density at radius 3 is 2.78 bits per heavy atom. The summed E-state index contributed by atoms with van der Waals surface area (Å²) in [5.41, 5.74) is 2.82. The Labute approximate surface area is 109 Å². The molecule has 0 N–H and O–H groups in total. The van der Waals surface area contributed by atoms with Crippen LogP contribution in [0.15, 0.2) is 54.6 Å². The highest BCUT2D eigenvalue weighted by Crippen LogP contribution is 2.32. The molecule has 18 heavy (non-hydrogen) atoms. The van der Waals surface area contributed by atoms with Gasteiger partial charge in [-0.25, -0.2) is 0 Å². The van der Waals surface area contributed by atoms with Crippen molar-refractivity contribution in [3.05, 3.63) is 71.8 Å². The topological polar surface area (TPSA) is 3.24 Å². The minimum atomic E-state index is 0.572. The fourth-order valence-corrected chi connectivity index (χ4v) is 2.83. The predicted octanol–water partition coefficient (Wildman–Crippen LogP) is 3.82. The Morgan fingerprint density at radius 2 is 2.00 bits per heavy atom. The van der Waals surface area contributed by atoms with Gasteiger partial charge in [0, 0.05) is 12.6 Å². The molecule has 1 fully saturated rings. The fourth-order valence-electron chi connectivity index (χ4n) is 2.83. The van der Waals surface area contributed by atoms with E-state index >= 15 is 0 Å². The van der Waals surface area contributed by atoms with Crippen LogP contribution in [-0.4, -0.2) is 11.4 Å². The standard InChI is InChI=1S/C17H18N/c1-3-8-15(9-4-1)14-18-13-7-12-17(18)16-10-5-2-6-11-16/h1-5,8-11,17H,7,12-14H2. The molecule has 1 unspecified atom stereocenters. The van der Waals surface area contributed by atoms with Crippen LogP contribution in [0.25, 0.3) is 0 Å². The molecule has 1 aliphatic heterocycles. The molecule has 0 amide bonds. The maximum Gasteiger partial charge on any atom is 0.0352 e. The summed E-state index contributed by atoms with van der Waals surface area (Å²) in [4.78, 5) is 2.58. The van der Waals surface area contributed by atoms with Gasteiger partial charge in [0.25, 0.3) is 0 Å². The Morgan fingerprint density at radius 1 is 1.11 bits per heavy atom. The average Bonchev–Trinajstić information content (AvgIpc) is 2.89. The van der Waals surface area contributed by atoms with Crippen molar-refractivity contribution in [1.82, 2.24) is 4.90 Å². The number of hydrogen-bond acceptors (Lipinski definition) is 1. The third-order valence-electron chi connectivity index (χ3n) is 3.71. The van der Waals surface area contributed by atoms with Gasteiger partial charge < -0.3 is 0 Å². The summed E-state index contributed by atoms with van der Waals surface area (Å²) < 4.78 is 0. The molecule has 3 rings (SSSR count).